The maximum Gasteiger partial charge on any atom is 0.244 e. The molecular weight excluding hydrogens is 214 g/mol. The third kappa shape index (κ3) is 4.63. The van der Waals surface area contributed by atoms with Crippen molar-refractivity contribution in [2.75, 3.05) is 13.2 Å². The first-order valence-electron chi connectivity index (χ1n) is 4.54. The topological polar surface area (TPSA) is 49.3 Å². The monoisotopic (exact) mass is 225 g/mol. The van der Waals surface area contributed by atoms with Gasteiger partial charge in [0, 0.05) is 17.6 Å². The molecular formula is C11H12ClNO2. The fourth-order valence-corrected chi connectivity index (χ4v) is 1.11. The summed E-state index contributed by atoms with van der Waals surface area (Å²) in [4.78, 5) is 11.1. The Morgan fingerprint density at radius 2 is 2.07 bits per heavy atom. The lowest BCUT2D eigenvalue weighted by atomic mass is 10.2. The van der Waals surface area contributed by atoms with Crippen LogP contribution >= 0.6 is 11.6 Å². The standard InChI is InChI=1S/C11H12ClNO2/c12-10-4-1-9(2-5-10)3-6-11(15)13-7-8-14/h1-6,14H,7-8H2,(H,13,15). The highest BCUT2D eigenvalue weighted by molar-refractivity contribution is 6.30. The van der Waals surface area contributed by atoms with Crippen molar-refractivity contribution in [2.24, 2.45) is 0 Å². The molecule has 0 spiro atoms. The molecule has 0 bridgehead atoms. The molecule has 0 atom stereocenters. The highest BCUT2D eigenvalue weighted by Crippen LogP contribution is 2.10. The first kappa shape index (κ1) is 11.8. The van der Waals surface area contributed by atoms with Gasteiger partial charge in [0.25, 0.3) is 0 Å². The normalized spacial score (nSPS) is 10.5. The summed E-state index contributed by atoms with van der Waals surface area (Å²) < 4.78 is 0. The van der Waals surface area contributed by atoms with Crippen LogP contribution in [0.5, 0.6) is 0 Å². The van der Waals surface area contributed by atoms with E-state index in [4.69, 9.17) is 16.7 Å². The van der Waals surface area contributed by atoms with E-state index < -0.39 is 0 Å². The van der Waals surface area contributed by atoms with E-state index in [1.165, 1.54) is 6.08 Å². The minimum atomic E-state index is -0.223. The van der Waals surface area contributed by atoms with Crippen molar-refractivity contribution in [2.45, 2.75) is 0 Å². The molecule has 0 fully saturated rings. The maximum absolute atomic E-state index is 11.1. The first-order chi connectivity index (χ1) is 7.22. The van der Waals surface area contributed by atoms with Crippen LogP contribution in [0.25, 0.3) is 6.08 Å². The second-order valence-electron chi connectivity index (χ2n) is 2.90. The highest BCUT2D eigenvalue weighted by atomic mass is 35.5. The van der Waals surface area contributed by atoms with Crippen molar-refractivity contribution in [3.05, 3.63) is 40.9 Å². The Balaban J connectivity index is 2.50. The van der Waals surface area contributed by atoms with Crippen LogP contribution < -0.4 is 5.32 Å². The number of nitrogens with one attached hydrogen (secondary N) is 1. The number of hydrogen-bond donors (Lipinski definition) is 2. The minimum absolute atomic E-state index is 0.0550. The number of carbonyl (C=O) groups is 1. The molecule has 4 heteroatoms. The van der Waals surface area contributed by atoms with Gasteiger partial charge in [0.05, 0.1) is 6.61 Å². The van der Waals surface area contributed by atoms with Gasteiger partial charge in [-0.1, -0.05) is 23.7 Å². The van der Waals surface area contributed by atoms with Gasteiger partial charge in [0.2, 0.25) is 5.91 Å². The van der Waals surface area contributed by atoms with Crippen LogP contribution in [0.4, 0.5) is 0 Å². The zero-order valence-corrected chi connectivity index (χ0v) is 8.87. The largest absolute Gasteiger partial charge is 0.395 e. The van der Waals surface area contributed by atoms with Gasteiger partial charge in [-0.2, -0.15) is 0 Å². The fourth-order valence-electron chi connectivity index (χ4n) is 0.984. The molecule has 0 unspecified atom stereocenters. The summed E-state index contributed by atoms with van der Waals surface area (Å²) in [5, 5.41) is 11.7. The number of rotatable bonds is 4. The molecule has 1 aromatic rings. The molecule has 2 N–H and O–H groups in total. The minimum Gasteiger partial charge on any atom is -0.395 e. The summed E-state index contributed by atoms with van der Waals surface area (Å²) in [6, 6.07) is 7.15. The number of carbonyl (C=O) groups excluding carboxylic acids is 1. The van der Waals surface area contributed by atoms with Crippen molar-refractivity contribution >= 4 is 23.6 Å². The lowest BCUT2D eigenvalue weighted by Gasteiger charge is -1.97. The maximum atomic E-state index is 11.1. The zero-order chi connectivity index (χ0) is 11.1. The van der Waals surface area contributed by atoms with Crippen LogP contribution in [-0.4, -0.2) is 24.2 Å². The van der Waals surface area contributed by atoms with Crippen LogP contribution in [0.15, 0.2) is 30.3 Å². The van der Waals surface area contributed by atoms with Gasteiger partial charge in [-0.15, -0.1) is 0 Å². The molecule has 0 aromatic heterocycles. The molecule has 0 saturated heterocycles. The van der Waals surface area contributed by atoms with Crippen LogP contribution in [0.3, 0.4) is 0 Å². The van der Waals surface area contributed by atoms with E-state index in [0.29, 0.717) is 5.02 Å². The third-order valence-electron chi connectivity index (χ3n) is 1.71. The molecule has 15 heavy (non-hydrogen) atoms. The predicted molar refractivity (Wildman–Crippen MR) is 60.6 cm³/mol. The lowest BCUT2D eigenvalue weighted by molar-refractivity contribution is -0.116. The van der Waals surface area contributed by atoms with Crippen LogP contribution in [0, 0.1) is 0 Å². The Labute approximate surface area is 93.4 Å². The van der Waals surface area contributed by atoms with Gasteiger partial charge in [-0.3, -0.25) is 4.79 Å². The van der Waals surface area contributed by atoms with Crippen molar-refractivity contribution < 1.29 is 9.90 Å². The third-order valence-corrected chi connectivity index (χ3v) is 1.96. The summed E-state index contributed by atoms with van der Waals surface area (Å²) in [5.41, 5.74) is 0.901. The van der Waals surface area contributed by atoms with Crippen LogP contribution in [0.1, 0.15) is 5.56 Å². The smallest absolute Gasteiger partial charge is 0.244 e. The number of aliphatic hydroxyl groups excluding tert-OH is 1. The second kappa shape index (κ2) is 6.22. The van der Waals surface area contributed by atoms with Crippen molar-refractivity contribution in [3.63, 3.8) is 0 Å². The summed E-state index contributed by atoms with van der Waals surface area (Å²) in [5.74, 6) is -0.223. The molecule has 0 heterocycles. The van der Waals surface area contributed by atoms with Crippen molar-refractivity contribution in [1.82, 2.24) is 5.32 Å². The van der Waals surface area contributed by atoms with E-state index in [0.717, 1.165) is 5.56 Å². The molecule has 0 aliphatic carbocycles. The quantitative estimate of drug-likeness (QED) is 0.763. The summed E-state index contributed by atoms with van der Waals surface area (Å²) in [6.07, 6.45) is 3.10. The SMILES string of the molecule is O=C(C=Cc1ccc(Cl)cc1)NCCO. The number of benzene rings is 1. The molecule has 1 rings (SSSR count). The number of aliphatic hydroxyl groups is 1. The summed E-state index contributed by atoms with van der Waals surface area (Å²) in [6.45, 7) is 0.213. The Kier molecular flexibility index (Phi) is 4.87. The summed E-state index contributed by atoms with van der Waals surface area (Å²) in [7, 11) is 0. The van der Waals surface area contributed by atoms with E-state index in [1.54, 1.807) is 18.2 Å². The Morgan fingerprint density at radius 1 is 1.40 bits per heavy atom. The van der Waals surface area contributed by atoms with Crippen LogP contribution in [-0.2, 0) is 4.79 Å². The Morgan fingerprint density at radius 3 is 2.67 bits per heavy atom. The zero-order valence-electron chi connectivity index (χ0n) is 8.11. The van der Waals surface area contributed by atoms with Gasteiger partial charge in [-0.25, -0.2) is 0 Å². The highest BCUT2D eigenvalue weighted by Gasteiger charge is 1.93. The van der Waals surface area contributed by atoms with Gasteiger partial charge >= 0.3 is 0 Å². The van der Waals surface area contributed by atoms with Gasteiger partial charge in [-0.05, 0) is 23.8 Å². The van der Waals surface area contributed by atoms with Gasteiger partial charge in [0.1, 0.15) is 0 Å². The predicted octanol–water partition coefficient (Wildman–Crippen LogP) is 1.46. The Bertz CT molecular complexity index is 346. The number of amides is 1. The Hall–Kier alpha value is -1.32. The first-order valence-corrected chi connectivity index (χ1v) is 4.92. The molecule has 0 saturated carbocycles. The van der Waals surface area contributed by atoms with Crippen LogP contribution in [0.2, 0.25) is 5.02 Å². The van der Waals surface area contributed by atoms with E-state index in [1.807, 2.05) is 12.1 Å². The van der Waals surface area contributed by atoms with E-state index in [2.05, 4.69) is 5.32 Å². The molecule has 3 nitrogen and oxygen atoms in total. The van der Waals surface area contributed by atoms with E-state index >= 15 is 0 Å². The van der Waals surface area contributed by atoms with Gasteiger partial charge in [0.15, 0.2) is 0 Å². The van der Waals surface area contributed by atoms with Crippen molar-refractivity contribution in [1.29, 1.82) is 0 Å². The molecule has 0 aliphatic rings. The average Bonchev–Trinajstić information content (AvgIpc) is 2.25. The lowest BCUT2D eigenvalue weighted by Crippen LogP contribution is -2.24. The van der Waals surface area contributed by atoms with Gasteiger partial charge < -0.3 is 10.4 Å². The van der Waals surface area contributed by atoms with E-state index in [-0.39, 0.29) is 19.1 Å². The number of halogens is 1. The summed E-state index contributed by atoms with van der Waals surface area (Å²) >= 11 is 5.71. The molecule has 1 aromatic carbocycles. The van der Waals surface area contributed by atoms with E-state index in [9.17, 15) is 4.79 Å². The number of hydrogen-bond acceptors (Lipinski definition) is 2. The second-order valence-corrected chi connectivity index (χ2v) is 3.34. The molecule has 1 amide bonds. The average molecular weight is 226 g/mol. The molecule has 80 valence electrons. The van der Waals surface area contributed by atoms with Crippen molar-refractivity contribution in [3.8, 4) is 0 Å². The molecule has 0 aliphatic heterocycles. The molecule has 0 radical (unpaired) electrons. The fraction of sp³-hybridized carbons (Fsp3) is 0.182.